The molecule has 3 nitrogen and oxygen atoms in total. The third kappa shape index (κ3) is 3.58. The number of aryl methyl sites for hydroxylation is 2. The van der Waals surface area contributed by atoms with E-state index in [0.29, 0.717) is 27.5 Å². The molecule has 0 amide bonds. The molecule has 1 aromatic heterocycles. The van der Waals surface area contributed by atoms with Gasteiger partial charge in [0.05, 0.1) is 16.6 Å². The smallest absolute Gasteiger partial charge is 0.266 e. The number of nitrogens with zero attached hydrogens (tertiary/aromatic N) is 2. The Kier molecular flexibility index (Phi) is 5.01. The van der Waals surface area contributed by atoms with Crippen LogP contribution in [0.2, 0.25) is 0 Å². The summed E-state index contributed by atoms with van der Waals surface area (Å²) < 4.78 is 15.3. The van der Waals surface area contributed by atoms with E-state index in [1.165, 1.54) is 39.6 Å². The van der Waals surface area contributed by atoms with Crippen molar-refractivity contribution in [1.29, 1.82) is 0 Å². The fourth-order valence-corrected chi connectivity index (χ4v) is 4.05. The maximum Gasteiger partial charge on any atom is 0.266 e. The minimum atomic E-state index is -0.386. The van der Waals surface area contributed by atoms with Gasteiger partial charge in [-0.25, -0.2) is 9.37 Å². The zero-order valence-corrected chi connectivity index (χ0v) is 16.5. The highest BCUT2D eigenvalue weighted by Crippen LogP contribution is 2.25. The van der Waals surface area contributed by atoms with Crippen molar-refractivity contribution < 1.29 is 4.39 Å². The Bertz CT molecular complexity index is 1230. The van der Waals surface area contributed by atoms with Gasteiger partial charge in [-0.2, -0.15) is 0 Å². The molecule has 0 aliphatic rings. The highest BCUT2D eigenvalue weighted by atomic mass is 32.2. The Balaban J connectivity index is 1.82. The highest BCUT2D eigenvalue weighted by molar-refractivity contribution is 7.98. The predicted molar refractivity (Wildman–Crippen MR) is 113 cm³/mol. The lowest BCUT2D eigenvalue weighted by Crippen LogP contribution is -2.21. The van der Waals surface area contributed by atoms with Crippen LogP contribution in [0.3, 0.4) is 0 Å². The molecule has 140 valence electrons. The van der Waals surface area contributed by atoms with Gasteiger partial charge in [0.1, 0.15) is 5.82 Å². The maximum absolute atomic E-state index is 13.8. The topological polar surface area (TPSA) is 34.9 Å². The number of rotatable bonds is 4. The molecule has 0 unspecified atom stereocenters. The fourth-order valence-electron chi connectivity index (χ4n) is 3.09. The molecule has 0 bridgehead atoms. The van der Waals surface area contributed by atoms with E-state index in [0.717, 1.165) is 5.56 Å². The third-order valence-electron chi connectivity index (χ3n) is 4.75. The third-order valence-corrected chi connectivity index (χ3v) is 5.76. The number of fused-ring (bicyclic) bond motifs is 1. The summed E-state index contributed by atoms with van der Waals surface area (Å²) in [4.78, 5) is 17.9. The first kappa shape index (κ1) is 18.4. The van der Waals surface area contributed by atoms with Gasteiger partial charge in [-0.05, 0) is 60.9 Å². The van der Waals surface area contributed by atoms with E-state index in [2.05, 4.69) is 32.0 Å². The average molecular weight is 390 g/mol. The summed E-state index contributed by atoms with van der Waals surface area (Å²) in [5, 5.41) is 1.06. The van der Waals surface area contributed by atoms with Gasteiger partial charge in [-0.1, -0.05) is 48.2 Å². The number of hydrogen-bond acceptors (Lipinski definition) is 3. The first-order valence-electron chi connectivity index (χ1n) is 8.99. The van der Waals surface area contributed by atoms with Crippen molar-refractivity contribution >= 4 is 22.7 Å². The molecule has 0 saturated carbocycles. The van der Waals surface area contributed by atoms with Crippen LogP contribution >= 0.6 is 11.8 Å². The molecule has 0 aliphatic heterocycles. The number of halogens is 1. The summed E-state index contributed by atoms with van der Waals surface area (Å²) in [6.45, 7) is 4.17. The number of aromatic nitrogens is 2. The highest BCUT2D eigenvalue weighted by Gasteiger charge is 2.14. The van der Waals surface area contributed by atoms with Crippen molar-refractivity contribution in [3.05, 3.63) is 99.6 Å². The Morgan fingerprint density at radius 3 is 2.57 bits per heavy atom. The summed E-state index contributed by atoms with van der Waals surface area (Å²) in [7, 11) is 0. The van der Waals surface area contributed by atoms with Gasteiger partial charge in [0.15, 0.2) is 5.16 Å². The molecule has 0 aliphatic carbocycles. The van der Waals surface area contributed by atoms with Crippen molar-refractivity contribution in [2.24, 2.45) is 0 Å². The Morgan fingerprint density at radius 2 is 1.79 bits per heavy atom. The molecule has 0 fully saturated rings. The molecule has 0 radical (unpaired) electrons. The fraction of sp³-hybridized carbons (Fsp3) is 0.130. The summed E-state index contributed by atoms with van der Waals surface area (Å²) in [5.41, 5.74) is 4.55. The van der Waals surface area contributed by atoms with Crippen LogP contribution in [0.15, 0.2) is 76.7 Å². The summed E-state index contributed by atoms with van der Waals surface area (Å²) in [5.74, 6) is 0.281. The summed E-state index contributed by atoms with van der Waals surface area (Å²) in [6, 6.07) is 19.6. The van der Waals surface area contributed by atoms with Crippen LogP contribution in [0, 0.1) is 19.7 Å². The minimum Gasteiger partial charge on any atom is -0.268 e. The van der Waals surface area contributed by atoms with Crippen molar-refractivity contribution in [1.82, 2.24) is 9.55 Å². The van der Waals surface area contributed by atoms with E-state index in [4.69, 9.17) is 4.98 Å². The quantitative estimate of drug-likeness (QED) is 0.344. The van der Waals surface area contributed by atoms with Gasteiger partial charge >= 0.3 is 0 Å². The molecule has 0 spiro atoms. The molecule has 5 heteroatoms. The molecular formula is C23H19FN2OS. The summed E-state index contributed by atoms with van der Waals surface area (Å²) in [6.07, 6.45) is 0. The Labute approximate surface area is 166 Å². The first-order chi connectivity index (χ1) is 13.5. The van der Waals surface area contributed by atoms with Crippen LogP contribution in [0.1, 0.15) is 16.7 Å². The molecule has 1 heterocycles. The van der Waals surface area contributed by atoms with Crippen LogP contribution in [0.4, 0.5) is 4.39 Å². The van der Waals surface area contributed by atoms with Gasteiger partial charge in [-0.15, -0.1) is 0 Å². The van der Waals surface area contributed by atoms with E-state index < -0.39 is 0 Å². The molecule has 0 atom stereocenters. The zero-order chi connectivity index (χ0) is 19.7. The molecular weight excluding hydrogens is 371 g/mol. The monoisotopic (exact) mass is 390 g/mol. The number of hydrogen-bond donors (Lipinski definition) is 0. The van der Waals surface area contributed by atoms with Gasteiger partial charge in [0.25, 0.3) is 5.56 Å². The second kappa shape index (κ2) is 7.60. The van der Waals surface area contributed by atoms with Crippen LogP contribution in [-0.4, -0.2) is 9.55 Å². The molecule has 28 heavy (non-hydrogen) atoms. The van der Waals surface area contributed by atoms with Gasteiger partial charge in [0, 0.05) is 5.75 Å². The maximum atomic E-state index is 13.8. The Hall–Kier alpha value is -2.92. The van der Waals surface area contributed by atoms with Gasteiger partial charge in [0.2, 0.25) is 0 Å². The zero-order valence-electron chi connectivity index (χ0n) is 15.6. The summed E-state index contributed by atoms with van der Waals surface area (Å²) >= 11 is 1.47. The largest absolute Gasteiger partial charge is 0.268 e. The number of thioether (sulfide) groups is 1. The number of para-hydroxylation sites is 1. The van der Waals surface area contributed by atoms with Crippen LogP contribution < -0.4 is 5.56 Å². The normalized spacial score (nSPS) is 11.1. The lowest BCUT2D eigenvalue weighted by atomic mass is 10.1. The van der Waals surface area contributed by atoms with Crippen LogP contribution in [0.25, 0.3) is 16.6 Å². The molecule has 0 saturated heterocycles. The van der Waals surface area contributed by atoms with E-state index in [1.807, 2.05) is 18.2 Å². The van der Waals surface area contributed by atoms with Crippen molar-refractivity contribution in [3.8, 4) is 5.69 Å². The van der Waals surface area contributed by atoms with E-state index in [1.54, 1.807) is 18.2 Å². The lowest BCUT2D eigenvalue weighted by Gasteiger charge is -2.13. The first-order valence-corrected chi connectivity index (χ1v) is 9.98. The van der Waals surface area contributed by atoms with Gasteiger partial charge < -0.3 is 0 Å². The molecule has 3 aromatic carbocycles. The Morgan fingerprint density at radius 1 is 0.964 bits per heavy atom. The second-order valence-corrected chi connectivity index (χ2v) is 7.68. The van der Waals surface area contributed by atoms with E-state index in [-0.39, 0.29) is 11.4 Å². The SMILES string of the molecule is Cc1ccc(CSc2nc3ccccc3c(=O)n2-c2cccc(F)c2)cc1C. The van der Waals surface area contributed by atoms with Crippen LogP contribution in [-0.2, 0) is 5.75 Å². The van der Waals surface area contributed by atoms with Crippen molar-refractivity contribution in [3.63, 3.8) is 0 Å². The predicted octanol–water partition coefficient (Wildman–Crippen LogP) is 5.43. The number of benzene rings is 3. The second-order valence-electron chi connectivity index (χ2n) is 6.74. The van der Waals surface area contributed by atoms with E-state index >= 15 is 0 Å². The molecule has 4 rings (SSSR count). The van der Waals surface area contributed by atoms with Crippen molar-refractivity contribution in [2.45, 2.75) is 24.8 Å². The average Bonchev–Trinajstić information content (AvgIpc) is 2.69. The van der Waals surface area contributed by atoms with Crippen molar-refractivity contribution in [2.75, 3.05) is 0 Å². The van der Waals surface area contributed by atoms with Crippen LogP contribution in [0.5, 0.6) is 0 Å². The minimum absolute atomic E-state index is 0.196. The van der Waals surface area contributed by atoms with Gasteiger partial charge in [-0.3, -0.25) is 9.36 Å². The molecule has 4 aromatic rings. The molecule has 0 N–H and O–H groups in total. The lowest BCUT2D eigenvalue weighted by molar-refractivity contribution is 0.625. The van der Waals surface area contributed by atoms with E-state index in [9.17, 15) is 9.18 Å². The standard InChI is InChI=1S/C23H19FN2OS/c1-15-10-11-17(12-16(15)2)14-28-23-25-21-9-4-3-8-20(21)22(27)26(23)19-7-5-6-18(24)13-19/h3-13H,14H2,1-2H3.